The highest BCUT2D eigenvalue weighted by Crippen LogP contribution is 2.51. The molecule has 0 N–H and O–H groups in total. The van der Waals surface area contributed by atoms with Gasteiger partial charge in [0.2, 0.25) is 0 Å². The molecule has 0 spiro atoms. The van der Waals surface area contributed by atoms with E-state index in [2.05, 4.69) is 173 Å². The zero-order chi connectivity index (χ0) is 39.7. The first-order valence-electron chi connectivity index (χ1n) is 21.2. The smallest absolute Gasteiger partial charge is 0.252 e. The second kappa shape index (κ2) is 11.4. The summed E-state index contributed by atoms with van der Waals surface area (Å²) < 4.78 is 13.6. The van der Waals surface area contributed by atoms with Crippen molar-refractivity contribution in [3.8, 4) is 67.5 Å². The summed E-state index contributed by atoms with van der Waals surface area (Å²) in [6.07, 6.45) is 0. The number of benzene rings is 10. The van der Waals surface area contributed by atoms with E-state index in [1.54, 1.807) is 0 Å². The monoisotopic (exact) mass is 762 g/mol. The molecular formula is C56H36B2O2. The lowest BCUT2D eigenvalue weighted by atomic mass is 9.32. The van der Waals surface area contributed by atoms with E-state index in [0.29, 0.717) is 0 Å². The van der Waals surface area contributed by atoms with E-state index in [-0.39, 0.29) is 13.4 Å². The Labute approximate surface area is 349 Å². The highest BCUT2D eigenvalue weighted by molar-refractivity contribution is 7.01. The van der Waals surface area contributed by atoms with Crippen LogP contribution in [0.5, 0.6) is 23.0 Å². The van der Waals surface area contributed by atoms with Crippen LogP contribution in [0.2, 0.25) is 0 Å². The number of hydrogen-bond acceptors (Lipinski definition) is 2. The van der Waals surface area contributed by atoms with Crippen molar-refractivity contribution < 1.29 is 9.47 Å². The molecule has 10 aromatic carbocycles. The first-order chi connectivity index (χ1) is 29.4. The Kier molecular flexibility index (Phi) is 6.23. The normalized spacial score (nSPS) is 13.5. The Bertz CT molecular complexity index is 3340. The van der Waals surface area contributed by atoms with Crippen LogP contribution in [0.15, 0.2) is 146 Å². The molecule has 0 atom stereocenters. The van der Waals surface area contributed by atoms with E-state index in [0.717, 1.165) is 23.0 Å². The maximum atomic E-state index is 6.79. The molecular weight excluding hydrogens is 726 g/mol. The lowest BCUT2D eigenvalue weighted by Crippen LogP contribution is -2.58. The molecule has 0 aromatic heterocycles. The van der Waals surface area contributed by atoms with Crippen molar-refractivity contribution >= 4 is 78.5 Å². The Balaban J connectivity index is 1.28. The van der Waals surface area contributed by atoms with Crippen molar-refractivity contribution in [1.82, 2.24) is 0 Å². The molecule has 0 bridgehead atoms. The van der Waals surface area contributed by atoms with Gasteiger partial charge in [0, 0.05) is 0 Å². The minimum absolute atomic E-state index is 0.0230. The second-order valence-electron chi connectivity index (χ2n) is 17.6. The van der Waals surface area contributed by atoms with E-state index in [4.69, 9.17) is 9.47 Å². The number of hydrogen-bond donors (Lipinski definition) is 0. The minimum atomic E-state index is 0.0230. The second-order valence-corrected chi connectivity index (χ2v) is 17.6. The average Bonchev–Trinajstić information content (AvgIpc) is 3.26. The molecule has 0 saturated carbocycles. The Hall–Kier alpha value is -7.03. The van der Waals surface area contributed by atoms with Crippen LogP contribution in [0, 0.1) is 27.7 Å². The number of para-hydroxylation sites is 2. The summed E-state index contributed by atoms with van der Waals surface area (Å²) in [5, 5.41) is 8.09. The summed E-state index contributed by atoms with van der Waals surface area (Å²) in [5.74, 6) is 3.79. The van der Waals surface area contributed by atoms with Crippen LogP contribution in [0.25, 0.3) is 76.8 Å². The summed E-state index contributed by atoms with van der Waals surface area (Å²) in [5.41, 5.74) is 23.2. The van der Waals surface area contributed by atoms with Crippen LogP contribution in [0.3, 0.4) is 0 Å². The van der Waals surface area contributed by atoms with Gasteiger partial charge in [0.1, 0.15) is 23.0 Å². The molecule has 10 aromatic rings. The fraction of sp³-hybridized carbons (Fsp3) is 0.0714. The van der Waals surface area contributed by atoms with Gasteiger partial charge in [0.05, 0.1) is 0 Å². The maximum absolute atomic E-state index is 6.79. The highest BCUT2D eigenvalue weighted by Gasteiger charge is 2.44. The molecule has 0 amide bonds. The van der Waals surface area contributed by atoms with E-state index in [1.165, 1.54) is 132 Å². The number of fused-ring (bicyclic) bond motifs is 8. The predicted octanol–water partition coefficient (Wildman–Crippen LogP) is 10.4. The lowest BCUT2D eigenvalue weighted by Gasteiger charge is -2.37. The van der Waals surface area contributed by atoms with Gasteiger partial charge in [0.15, 0.2) is 0 Å². The van der Waals surface area contributed by atoms with Crippen molar-refractivity contribution in [2.45, 2.75) is 27.7 Å². The van der Waals surface area contributed by atoms with Gasteiger partial charge in [-0.2, -0.15) is 0 Å². The molecule has 14 rings (SSSR count). The van der Waals surface area contributed by atoms with Gasteiger partial charge >= 0.3 is 0 Å². The topological polar surface area (TPSA) is 18.5 Å². The van der Waals surface area contributed by atoms with Crippen molar-refractivity contribution in [2.24, 2.45) is 0 Å². The fourth-order valence-electron chi connectivity index (χ4n) is 12.2. The third-order valence-electron chi connectivity index (χ3n) is 14.5. The van der Waals surface area contributed by atoms with E-state index in [1.807, 2.05) is 0 Å². The largest absolute Gasteiger partial charge is 0.458 e. The zero-order valence-electron chi connectivity index (χ0n) is 33.8. The number of rotatable bonds is 2. The Morgan fingerprint density at radius 3 is 1.13 bits per heavy atom. The van der Waals surface area contributed by atoms with Crippen LogP contribution in [0.1, 0.15) is 22.3 Å². The Morgan fingerprint density at radius 1 is 0.317 bits per heavy atom. The molecule has 2 nitrogen and oxygen atoms in total. The first-order valence-corrected chi connectivity index (χ1v) is 21.2. The van der Waals surface area contributed by atoms with E-state index < -0.39 is 0 Å². The van der Waals surface area contributed by atoms with Crippen LogP contribution >= 0.6 is 0 Å². The molecule has 0 saturated heterocycles. The Morgan fingerprint density at radius 2 is 0.700 bits per heavy atom. The molecule has 4 aliphatic rings. The van der Waals surface area contributed by atoms with Crippen LogP contribution in [0.4, 0.5) is 0 Å². The molecule has 0 unspecified atom stereocenters. The third-order valence-corrected chi connectivity index (χ3v) is 14.5. The molecule has 4 aliphatic heterocycles. The minimum Gasteiger partial charge on any atom is -0.458 e. The summed E-state index contributed by atoms with van der Waals surface area (Å²) in [6, 6.07) is 54.6. The van der Waals surface area contributed by atoms with Gasteiger partial charge in [-0.3, -0.25) is 0 Å². The van der Waals surface area contributed by atoms with Crippen molar-refractivity contribution in [1.29, 1.82) is 0 Å². The number of ether oxygens (including phenoxy) is 2. The van der Waals surface area contributed by atoms with E-state index in [9.17, 15) is 0 Å². The molecule has 0 aliphatic carbocycles. The van der Waals surface area contributed by atoms with Gasteiger partial charge in [-0.1, -0.05) is 120 Å². The van der Waals surface area contributed by atoms with Crippen LogP contribution in [-0.2, 0) is 0 Å². The molecule has 0 radical (unpaired) electrons. The van der Waals surface area contributed by atoms with Crippen molar-refractivity contribution in [3.05, 3.63) is 168 Å². The molecule has 4 heteroatoms. The standard InChI is InChI=1S/C56H36B2O2/c1-29-13-9-14-30(2)49(29)37-25-35-33-17-11-23-47-55(33)58(42-20-6-8-22-46(42)59-47)44-28-40-38(50-31(3)15-10-16-32(50)4)26-36-34-18-12-24-48-56(34)57(41-19-5-7-21-45(41)60-48)43-27-39(37)53(51(35)44)54(40)52(36)43/h5-28H,1-4H3. The fourth-order valence-corrected chi connectivity index (χ4v) is 12.2. The first kappa shape index (κ1) is 32.9. The summed E-state index contributed by atoms with van der Waals surface area (Å²) in [7, 11) is 0. The van der Waals surface area contributed by atoms with Gasteiger partial charge in [-0.05, 0) is 185 Å². The lowest BCUT2D eigenvalue weighted by molar-refractivity contribution is 0.487. The molecule has 0 fully saturated rings. The third kappa shape index (κ3) is 3.97. The maximum Gasteiger partial charge on any atom is 0.252 e. The van der Waals surface area contributed by atoms with Gasteiger partial charge in [0.25, 0.3) is 13.4 Å². The van der Waals surface area contributed by atoms with Crippen LogP contribution in [-0.4, -0.2) is 13.4 Å². The van der Waals surface area contributed by atoms with Crippen molar-refractivity contribution in [2.75, 3.05) is 0 Å². The van der Waals surface area contributed by atoms with Gasteiger partial charge in [-0.15, -0.1) is 0 Å². The summed E-state index contributed by atoms with van der Waals surface area (Å²) in [4.78, 5) is 0. The quantitative estimate of drug-likeness (QED) is 0.129. The predicted molar refractivity (Wildman–Crippen MR) is 253 cm³/mol. The van der Waals surface area contributed by atoms with E-state index >= 15 is 0 Å². The zero-order valence-corrected chi connectivity index (χ0v) is 33.8. The van der Waals surface area contributed by atoms with Crippen LogP contribution < -0.4 is 42.3 Å². The van der Waals surface area contributed by atoms with Gasteiger partial charge < -0.3 is 9.47 Å². The van der Waals surface area contributed by atoms with Crippen molar-refractivity contribution in [3.63, 3.8) is 0 Å². The molecule has 278 valence electrons. The number of aryl methyl sites for hydroxylation is 4. The molecule has 60 heavy (non-hydrogen) atoms. The molecule has 4 heterocycles. The summed E-state index contributed by atoms with van der Waals surface area (Å²) in [6.45, 7) is 9.16. The summed E-state index contributed by atoms with van der Waals surface area (Å²) >= 11 is 0. The highest BCUT2D eigenvalue weighted by atomic mass is 16.5. The van der Waals surface area contributed by atoms with Gasteiger partial charge in [-0.25, -0.2) is 0 Å². The average molecular weight is 763 g/mol. The SMILES string of the molecule is Cc1cccc(C)c1-c1cc2c3c(cc4c(-c5c(C)cccc5C)cc5c6c(cc1c3c46)B1c3ccccc3Oc3cccc-5c31)B1c3ccccc3Oc3cccc-2c31.